The quantitative estimate of drug-likeness (QED) is 0.873. The second-order valence-electron chi connectivity index (χ2n) is 5.65. The molecule has 1 saturated carbocycles. The van der Waals surface area contributed by atoms with Gasteiger partial charge in [0.2, 0.25) is 0 Å². The van der Waals surface area contributed by atoms with E-state index in [1.54, 1.807) is 0 Å². The zero-order valence-electron chi connectivity index (χ0n) is 12.0. The second kappa shape index (κ2) is 5.81. The molecule has 0 aliphatic heterocycles. The summed E-state index contributed by atoms with van der Waals surface area (Å²) in [5, 5.41) is 18.3. The monoisotopic (exact) mass is 285 g/mol. The van der Waals surface area contributed by atoms with Gasteiger partial charge >= 0.3 is 0 Å². The summed E-state index contributed by atoms with van der Waals surface area (Å²) in [4.78, 5) is 0. The molecule has 1 aliphatic rings. The number of aliphatic hydroxyl groups excluding tert-OH is 1. The molecule has 1 aromatic heterocycles. The van der Waals surface area contributed by atoms with Crippen LogP contribution in [0.3, 0.4) is 0 Å². The molecule has 1 fully saturated rings. The molecule has 0 aromatic carbocycles. The van der Waals surface area contributed by atoms with Crippen molar-refractivity contribution in [2.45, 2.75) is 51.6 Å². The van der Waals surface area contributed by atoms with E-state index in [9.17, 15) is 5.11 Å². The molecule has 0 saturated heterocycles. The Morgan fingerprint density at radius 1 is 1.53 bits per heavy atom. The van der Waals surface area contributed by atoms with Crippen molar-refractivity contribution in [3.8, 4) is 0 Å². The summed E-state index contributed by atoms with van der Waals surface area (Å²) in [6.07, 6.45) is 4.45. The summed E-state index contributed by atoms with van der Waals surface area (Å²) in [6.45, 7) is 5.03. The zero-order chi connectivity index (χ0) is 14.0. The van der Waals surface area contributed by atoms with Crippen LogP contribution in [0.5, 0.6) is 0 Å². The van der Waals surface area contributed by atoms with Crippen LogP contribution < -0.4 is 5.32 Å². The van der Waals surface area contributed by atoms with Crippen LogP contribution in [0.1, 0.15) is 37.1 Å². The minimum absolute atomic E-state index is 0.0973. The maximum Gasteiger partial charge on any atom is 0.0844 e. The molecule has 2 atom stereocenters. The van der Waals surface area contributed by atoms with Crippen molar-refractivity contribution in [1.82, 2.24) is 15.1 Å². The van der Waals surface area contributed by atoms with Gasteiger partial charge in [0.05, 0.1) is 23.0 Å². The van der Waals surface area contributed by atoms with Crippen LogP contribution in [0, 0.1) is 19.8 Å². The SMILES string of the molecule is CNC1(CO)CCCC1CCn1nc(C)c(Cl)c1C. The lowest BCUT2D eigenvalue weighted by molar-refractivity contribution is 0.124. The first-order valence-electron chi connectivity index (χ1n) is 7.03. The number of nitrogens with one attached hydrogen (secondary N) is 1. The van der Waals surface area contributed by atoms with Crippen LogP contribution in [-0.2, 0) is 6.54 Å². The van der Waals surface area contributed by atoms with E-state index in [1.807, 2.05) is 25.6 Å². The van der Waals surface area contributed by atoms with Crippen molar-refractivity contribution < 1.29 is 5.11 Å². The predicted octanol–water partition coefficient (Wildman–Crippen LogP) is 2.29. The number of hydrogen-bond donors (Lipinski definition) is 2. The molecule has 2 unspecified atom stereocenters. The van der Waals surface area contributed by atoms with Gasteiger partial charge < -0.3 is 10.4 Å². The van der Waals surface area contributed by atoms with Crippen molar-refractivity contribution in [3.05, 3.63) is 16.4 Å². The summed E-state index contributed by atoms with van der Waals surface area (Å²) in [5.74, 6) is 0.505. The number of hydrogen-bond acceptors (Lipinski definition) is 3. The number of aliphatic hydroxyl groups is 1. The smallest absolute Gasteiger partial charge is 0.0844 e. The topological polar surface area (TPSA) is 50.1 Å². The number of rotatable bonds is 5. The van der Waals surface area contributed by atoms with Gasteiger partial charge in [0, 0.05) is 12.1 Å². The normalized spacial score (nSPS) is 27.1. The fourth-order valence-corrected chi connectivity index (χ4v) is 3.49. The van der Waals surface area contributed by atoms with Crippen molar-refractivity contribution in [2.24, 2.45) is 5.92 Å². The van der Waals surface area contributed by atoms with E-state index in [2.05, 4.69) is 10.4 Å². The number of halogens is 1. The van der Waals surface area contributed by atoms with Crippen molar-refractivity contribution >= 4 is 11.6 Å². The molecule has 0 spiro atoms. The third-order valence-corrected chi connectivity index (χ3v) is 5.27. The molecule has 0 amide bonds. The molecule has 1 aromatic rings. The fraction of sp³-hybridized carbons (Fsp3) is 0.786. The van der Waals surface area contributed by atoms with Crippen LogP contribution in [0.15, 0.2) is 0 Å². The van der Waals surface area contributed by atoms with Gasteiger partial charge in [-0.1, -0.05) is 18.0 Å². The van der Waals surface area contributed by atoms with Crippen LogP contribution in [0.2, 0.25) is 5.02 Å². The zero-order valence-corrected chi connectivity index (χ0v) is 12.8. The maximum absolute atomic E-state index is 9.68. The van der Waals surface area contributed by atoms with Crippen LogP contribution >= 0.6 is 11.6 Å². The van der Waals surface area contributed by atoms with Crippen molar-refractivity contribution in [3.63, 3.8) is 0 Å². The number of aromatic nitrogens is 2. The Morgan fingerprint density at radius 2 is 2.26 bits per heavy atom. The number of aryl methyl sites for hydroxylation is 2. The third kappa shape index (κ3) is 2.67. The van der Waals surface area contributed by atoms with Gasteiger partial charge in [-0.15, -0.1) is 0 Å². The lowest BCUT2D eigenvalue weighted by Crippen LogP contribution is -2.49. The molecule has 4 nitrogen and oxygen atoms in total. The maximum atomic E-state index is 9.68. The molecule has 108 valence electrons. The first-order chi connectivity index (χ1) is 9.04. The standard InChI is InChI=1S/C14H24ClN3O/c1-10-13(15)11(2)18(17-10)8-6-12-5-4-7-14(12,9-19)16-3/h12,16,19H,4-9H2,1-3H3. The number of likely N-dealkylation sites (N-methyl/N-ethyl adjacent to an activating group) is 1. The van der Waals surface area contributed by atoms with Gasteiger partial charge in [-0.25, -0.2) is 0 Å². The molecule has 0 radical (unpaired) electrons. The Bertz CT molecular complexity index is 440. The molecular formula is C14H24ClN3O. The average Bonchev–Trinajstić information content (AvgIpc) is 2.94. The highest BCUT2D eigenvalue weighted by Crippen LogP contribution is 2.37. The van der Waals surface area contributed by atoms with E-state index in [-0.39, 0.29) is 12.1 Å². The van der Waals surface area contributed by atoms with E-state index in [1.165, 1.54) is 12.8 Å². The molecule has 1 aliphatic carbocycles. The van der Waals surface area contributed by atoms with Crippen LogP contribution in [0.25, 0.3) is 0 Å². The largest absolute Gasteiger partial charge is 0.394 e. The third-order valence-electron chi connectivity index (χ3n) is 4.72. The average molecular weight is 286 g/mol. The van der Waals surface area contributed by atoms with E-state index in [0.717, 1.165) is 35.8 Å². The Labute approximate surface area is 120 Å². The van der Waals surface area contributed by atoms with Crippen LogP contribution in [0.4, 0.5) is 0 Å². The molecular weight excluding hydrogens is 262 g/mol. The van der Waals surface area contributed by atoms with Crippen molar-refractivity contribution in [1.29, 1.82) is 0 Å². The highest BCUT2D eigenvalue weighted by Gasteiger charge is 2.40. The first-order valence-corrected chi connectivity index (χ1v) is 7.41. The Balaban J connectivity index is 2.04. The lowest BCUT2D eigenvalue weighted by atomic mass is 9.85. The predicted molar refractivity (Wildman–Crippen MR) is 77.5 cm³/mol. The molecule has 2 rings (SSSR count). The van der Waals surface area contributed by atoms with Gasteiger partial charge in [0.25, 0.3) is 0 Å². The van der Waals surface area contributed by atoms with Gasteiger partial charge in [0.15, 0.2) is 0 Å². The Hall–Kier alpha value is -0.580. The summed E-state index contributed by atoms with van der Waals surface area (Å²) >= 11 is 6.17. The van der Waals surface area contributed by atoms with Gasteiger partial charge in [-0.3, -0.25) is 4.68 Å². The van der Waals surface area contributed by atoms with Crippen molar-refractivity contribution in [2.75, 3.05) is 13.7 Å². The second-order valence-corrected chi connectivity index (χ2v) is 6.03. The van der Waals surface area contributed by atoms with Gasteiger partial charge in [-0.05, 0) is 46.1 Å². The van der Waals surface area contributed by atoms with E-state index in [0.29, 0.717) is 5.92 Å². The first kappa shape index (κ1) is 14.8. The summed E-state index contributed by atoms with van der Waals surface area (Å²) in [6, 6.07) is 0. The van der Waals surface area contributed by atoms with E-state index >= 15 is 0 Å². The highest BCUT2D eigenvalue weighted by molar-refractivity contribution is 6.31. The summed E-state index contributed by atoms with van der Waals surface area (Å²) in [5.41, 5.74) is 1.84. The lowest BCUT2D eigenvalue weighted by Gasteiger charge is -2.33. The Morgan fingerprint density at radius 3 is 2.79 bits per heavy atom. The summed E-state index contributed by atoms with van der Waals surface area (Å²) in [7, 11) is 1.95. The number of nitrogens with zero attached hydrogens (tertiary/aromatic N) is 2. The van der Waals surface area contributed by atoms with Gasteiger partial charge in [0.1, 0.15) is 0 Å². The van der Waals surface area contributed by atoms with Gasteiger partial charge in [-0.2, -0.15) is 5.10 Å². The molecule has 1 heterocycles. The molecule has 2 N–H and O–H groups in total. The minimum atomic E-state index is -0.0973. The minimum Gasteiger partial charge on any atom is -0.394 e. The van der Waals surface area contributed by atoms with Crippen LogP contribution in [-0.4, -0.2) is 34.1 Å². The highest BCUT2D eigenvalue weighted by atomic mass is 35.5. The molecule has 19 heavy (non-hydrogen) atoms. The fourth-order valence-electron chi connectivity index (χ4n) is 3.35. The van der Waals surface area contributed by atoms with E-state index < -0.39 is 0 Å². The Kier molecular flexibility index (Phi) is 4.54. The molecule has 0 bridgehead atoms. The molecule has 5 heteroatoms. The summed E-state index contributed by atoms with van der Waals surface area (Å²) < 4.78 is 1.99. The van der Waals surface area contributed by atoms with E-state index in [4.69, 9.17) is 11.6 Å².